The van der Waals surface area contributed by atoms with Gasteiger partial charge in [0.25, 0.3) is 0 Å². The summed E-state index contributed by atoms with van der Waals surface area (Å²) < 4.78 is 10.5. The van der Waals surface area contributed by atoms with Crippen LogP contribution in [0.3, 0.4) is 0 Å². The van der Waals surface area contributed by atoms with E-state index in [1.807, 2.05) is 6.92 Å². The Morgan fingerprint density at radius 3 is 2.23 bits per heavy atom. The fourth-order valence-corrected chi connectivity index (χ4v) is 2.68. The van der Waals surface area contributed by atoms with Gasteiger partial charge in [0.1, 0.15) is 0 Å². The van der Waals surface area contributed by atoms with Crippen molar-refractivity contribution in [3.63, 3.8) is 0 Å². The molecule has 0 heterocycles. The Kier molecular flexibility index (Phi) is 2.82. The van der Waals surface area contributed by atoms with Gasteiger partial charge >= 0.3 is 5.97 Å². The van der Waals surface area contributed by atoms with Crippen molar-refractivity contribution < 1.29 is 14.0 Å². The first kappa shape index (κ1) is 10.7. The highest BCUT2D eigenvalue weighted by atomic mass is 28.4. The molecule has 1 rings (SSSR count). The van der Waals surface area contributed by atoms with E-state index >= 15 is 0 Å². The van der Waals surface area contributed by atoms with Gasteiger partial charge in [-0.1, -0.05) is 6.92 Å². The third-order valence-corrected chi connectivity index (χ3v) is 3.24. The summed E-state index contributed by atoms with van der Waals surface area (Å²) in [4.78, 5) is 11.2. The van der Waals surface area contributed by atoms with Crippen molar-refractivity contribution >= 4 is 14.3 Å². The average molecular weight is 202 g/mol. The quantitative estimate of drug-likeness (QED) is 0.515. The highest BCUT2D eigenvalue weighted by Gasteiger charge is 2.54. The van der Waals surface area contributed by atoms with Gasteiger partial charge in [-0.25, -0.2) is 0 Å². The van der Waals surface area contributed by atoms with Crippen molar-refractivity contribution in [2.24, 2.45) is 11.8 Å². The van der Waals surface area contributed by atoms with Crippen molar-refractivity contribution in [1.29, 1.82) is 0 Å². The van der Waals surface area contributed by atoms with Gasteiger partial charge in [-0.3, -0.25) is 4.79 Å². The van der Waals surface area contributed by atoms with Crippen LogP contribution in [0.25, 0.3) is 0 Å². The minimum atomic E-state index is -1.51. The molecule has 3 nitrogen and oxygen atoms in total. The molecule has 0 N–H and O–H groups in total. The molecule has 4 heteroatoms. The number of ether oxygens (including phenoxy) is 1. The minimum absolute atomic E-state index is 0.0169. The number of carbonyl (C=O) groups excluding carboxylic acids is 1. The molecule has 0 saturated heterocycles. The van der Waals surface area contributed by atoms with Crippen molar-refractivity contribution in [2.45, 2.75) is 32.7 Å². The first-order chi connectivity index (χ1) is 5.87. The van der Waals surface area contributed by atoms with E-state index in [9.17, 15) is 4.79 Å². The molecule has 0 aromatic rings. The molecule has 0 spiro atoms. The summed E-state index contributed by atoms with van der Waals surface area (Å²) in [5, 5.41) is 0. The second kappa shape index (κ2) is 3.42. The van der Waals surface area contributed by atoms with E-state index < -0.39 is 8.32 Å². The van der Waals surface area contributed by atoms with Crippen LogP contribution in [0, 0.1) is 11.8 Å². The van der Waals surface area contributed by atoms with Gasteiger partial charge in [0.15, 0.2) is 8.32 Å². The van der Waals surface area contributed by atoms with Crippen molar-refractivity contribution in [3.8, 4) is 0 Å². The lowest BCUT2D eigenvalue weighted by molar-refractivity contribution is -0.143. The van der Waals surface area contributed by atoms with Gasteiger partial charge in [0.2, 0.25) is 0 Å². The number of hydrogen-bond acceptors (Lipinski definition) is 3. The number of esters is 1. The highest BCUT2D eigenvalue weighted by molar-refractivity contribution is 6.69. The van der Waals surface area contributed by atoms with Gasteiger partial charge in [-0.2, -0.15) is 0 Å². The van der Waals surface area contributed by atoms with Gasteiger partial charge in [0.05, 0.1) is 19.1 Å². The lowest BCUT2D eigenvalue weighted by Gasteiger charge is -2.16. The second-order valence-corrected chi connectivity index (χ2v) is 9.06. The third-order valence-electron chi connectivity index (χ3n) is 2.26. The van der Waals surface area contributed by atoms with Crippen LogP contribution in [0.5, 0.6) is 0 Å². The Labute approximate surface area is 80.5 Å². The first-order valence-electron chi connectivity index (χ1n) is 4.62. The van der Waals surface area contributed by atoms with Crippen LogP contribution in [-0.2, 0) is 14.0 Å². The van der Waals surface area contributed by atoms with Crippen LogP contribution >= 0.6 is 0 Å². The zero-order valence-corrected chi connectivity index (χ0v) is 9.96. The predicted molar refractivity (Wildman–Crippen MR) is 52.9 cm³/mol. The van der Waals surface area contributed by atoms with E-state index in [0.717, 1.165) is 0 Å². The van der Waals surface area contributed by atoms with Crippen LogP contribution in [0.15, 0.2) is 0 Å². The summed E-state index contributed by atoms with van der Waals surface area (Å²) in [7, 11) is -0.0783. The summed E-state index contributed by atoms with van der Waals surface area (Å²) >= 11 is 0. The van der Waals surface area contributed by atoms with Crippen molar-refractivity contribution in [1.82, 2.24) is 0 Å². The number of carbonyl (C=O) groups is 1. The van der Waals surface area contributed by atoms with Crippen LogP contribution in [0.2, 0.25) is 19.6 Å². The monoisotopic (exact) mass is 202 g/mol. The average Bonchev–Trinajstić information content (AvgIpc) is 2.57. The van der Waals surface area contributed by atoms with Gasteiger partial charge in [-0.15, -0.1) is 0 Å². The smallest absolute Gasteiger partial charge is 0.311 e. The zero-order valence-electron chi connectivity index (χ0n) is 8.96. The Hall–Kier alpha value is -0.353. The Morgan fingerprint density at radius 1 is 1.31 bits per heavy atom. The van der Waals surface area contributed by atoms with E-state index in [1.54, 1.807) is 0 Å². The zero-order chi connectivity index (χ0) is 10.2. The van der Waals surface area contributed by atoms with E-state index in [1.165, 1.54) is 7.11 Å². The Morgan fingerprint density at radius 2 is 1.85 bits per heavy atom. The molecule has 0 amide bonds. The van der Waals surface area contributed by atoms with E-state index in [0.29, 0.717) is 5.92 Å². The maximum Gasteiger partial charge on any atom is 0.311 e. The third kappa shape index (κ3) is 2.54. The molecule has 0 aliphatic heterocycles. The van der Waals surface area contributed by atoms with Crippen molar-refractivity contribution in [2.75, 3.05) is 7.11 Å². The van der Waals surface area contributed by atoms with Gasteiger partial charge in [0, 0.05) is 0 Å². The molecule has 1 fully saturated rings. The fourth-order valence-electron chi connectivity index (χ4n) is 1.50. The first-order valence-corrected chi connectivity index (χ1v) is 8.03. The summed E-state index contributed by atoms with van der Waals surface area (Å²) in [5.74, 6) is 0.187. The maximum atomic E-state index is 11.2. The largest absolute Gasteiger partial charge is 0.469 e. The molecular formula is C9H18O3Si. The molecule has 76 valence electrons. The van der Waals surface area contributed by atoms with Crippen LogP contribution in [0.4, 0.5) is 0 Å². The highest BCUT2D eigenvalue weighted by Crippen LogP contribution is 2.43. The summed E-state index contributed by atoms with van der Waals surface area (Å²) in [6, 6.07) is 0. The summed E-state index contributed by atoms with van der Waals surface area (Å²) in [6.45, 7) is 8.43. The molecule has 0 aromatic heterocycles. The predicted octanol–water partition coefficient (Wildman–Crippen LogP) is 1.65. The standard InChI is InChI=1S/C9H18O3Si/c1-6-7(9(10)11-2)8(6)12-13(3,4)5/h6-8H,1-5H3/t6-,7+,8+/m1/s1. The molecule has 1 saturated carbocycles. The van der Waals surface area contributed by atoms with E-state index in [2.05, 4.69) is 24.4 Å². The van der Waals surface area contributed by atoms with Gasteiger partial charge in [-0.05, 0) is 25.6 Å². The molecule has 0 radical (unpaired) electrons. The normalized spacial score (nSPS) is 32.8. The molecule has 0 unspecified atom stereocenters. The number of hydrogen-bond donors (Lipinski definition) is 0. The van der Waals surface area contributed by atoms with Crippen molar-refractivity contribution in [3.05, 3.63) is 0 Å². The second-order valence-electron chi connectivity index (χ2n) is 4.60. The summed E-state index contributed by atoms with van der Waals surface area (Å²) in [5.41, 5.74) is 0. The molecule has 13 heavy (non-hydrogen) atoms. The molecule has 1 aliphatic rings. The molecule has 1 aliphatic carbocycles. The minimum Gasteiger partial charge on any atom is -0.469 e. The SMILES string of the molecule is COC(=O)[C@H]1[C@@H](C)[C@@H]1O[Si](C)(C)C. The number of methoxy groups -OCH3 is 1. The lowest BCUT2D eigenvalue weighted by Crippen LogP contribution is -2.28. The topological polar surface area (TPSA) is 35.5 Å². The fraction of sp³-hybridized carbons (Fsp3) is 0.889. The molecule has 3 atom stereocenters. The summed E-state index contributed by atoms with van der Waals surface area (Å²) in [6.07, 6.45) is 0.110. The van der Waals surface area contributed by atoms with Gasteiger partial charge < -0.3 is 9.16 Å². The molecular weight excluding hydrogens is 184 g/mol. The lowest BCUT2D eigenvalue weighted by atomic mass is 10.3. The van der Waals surface area contributed by atoms with E-state index in [4.69, 9.17) is 4.43 Å². The maximum absolute atomic E-state index is 11.2. The van der Waals surface area contributed by atoms with Crippen LogP contribution in [-0.4, -0.2) is 27.5 Å². The van der Waals surface area contributed by atoms with Crippen LogP contribution < -0.4 is 0 Å². The Balaban J connectivity index is 2.45. The molecule has 0 bridgehead atoms. The van der Waals surface area contributed by atoms with Crippen LogP contribution in [0.1, 0.15) is 6.92 Å². The van der Waals surface area contributed by atoms with E-state index in [-0.39, 0.29) is 18.0 Å². The Bertz CT molecular complexity index is 209. The number of rotatable bonds is 3. The molecule has 0 aromatic carbocycles.